The zero-order chi connectivity index (χ0) is 34.4. The standard InChI is InChI=1S/C10H12N2O4.C10H10N2O4.C10H8N2O3/c2*1-16-10(15)7-8(13)9(14)12-5-3-2-4-6(12)11-7;1-6(13)8-9(14)10(15)12-5-3-2-4-7(12)11-8/h13H,2-5H2,1H3;2,4,13H,3,5H2,1H3;2-5,14H,1H3. The van der Waals surface area contributed by atoms with Crippen LogP contribution < -0.4 is 16.7 Å². The summed E-state index contributed by atoms with van der Waals surface area (Å²) < 4.78 is 12.8. The maximum atomic E-state index is 11.7. The molecule has 2 aliphatic heterocycles. The Morgan fingerprint density at radius 1 is 0.766 bits per heavy atom. The largest absolute Gasteiger partial charge is 0.501 e. The first-order chi connectivity index (χ1) is 22.4. The molecule has 2 aliphatic rings. The van der Waals surface area contributed by atoms with Crippen molar-refractivity contribution in [1.29, 1.82) is 0 Å². The summed E-state index contributed by atoms with van der Waals surface area (Å²) in [5, 5.41) is 28.5. The van der Waals surface area contributed by atoms with E-state index in [1.807, 2.05) is 6.08 Å². The van der Waals surface area contributed by atoms with Gasteiger partial charge in [0, 0.05) is 32.6 Å². The number of hydrogen-bond donors (Lipinski definition) is 3. The molecular formula is C30H30N6O11. The molecule has 0 bridgehead atoms. The van der Waals surface area contributed by atoms with Crippen LogP contribution in [0.1, 0.15) is 69.3 Å². The van der Waals surface area contributed by atoms with Gasteiger partial charge in [0.25, 0.3) is 11.1 Å². The van der Waals surface area contributed by atoms with E-state index >= 15 is 0 Å². The van der Waals surface area contributed by atoms with E-state index in [1.165, 1.54) is 33.8 Å². The molecule has 17 heteroatoms. The smallest absolute Gasteiger partial charge is 0.360 e. The Morgan fingerprint density at radius 2 is 1.38 bits per heavy atom. The van der Waals surface area contributed by atoms with Crippen LogP contribution in [-0.4, -0.2) is 75.7 Å². The lowest BCUT2D eigenvalue weighted by atomic mass is 10.1. The van der Waals surface area contributed by atoms with E-state index < -0.39 is 51.6 Å². The molecule has 17 nitrogen and oxygen atoms in total. The van der Waals surface area contributed by atoms with Gasteiger partial charge < -0.3 is 24.8 Å². The van der Waals surface area contributed by atoms with E-state index in [0.717, 1.165) is 20.0 Å². The average molecular weight is 651 g/mol. The van der Waals surface area contributed by atoms with Crippen molar-refractivity contribution in [3.8, 4) is 17.2 Å². The Balaban J connectivity index is 0.000000160. The number of rotatable bonds is 3. The third kappa shape index (κ3) is 6.92. The van der Waals surface area contributed by atoms with Crippen molar-refractivity contribution in [2.24, 2.45) is 0 Å². The lowest BCUT2D eigenvalue weighted by Crippen LogP contribution is -2.30. The number of carbonyl (C=O) groups excluding carboxylic acids is 3. The fourth-order valence-corrected chi connectivity index (χ4v) is 4.66. The van der Waals surface area contributed by atoms with Gasteiger partial charge in [0.2, 0.25) is 17.2 Å². The molecule has 4 aromatic heterocycles. The van der Waals surface area contributed by atoms with Crippen molar-refractivity contribution in [1.82, 2.24) is 28.5 Å². The second kappa shape index (κ2) is 14.3. The summed E-state index contributed by atoms with van der Waals surface area (Å²) >= 11 is 0. The number of methoxy groups -OCH3 is 2. The minimum atomic E-state index is -0.822. The van der Waals surface area contributed by atoms with Crippen LogP contribution in [-0.2, 0) is 29.0 Å². The first-order valence-electron chi connectivity index (χ1n) is 14.1. The SMILES string of the molecule is CC(=O)c1nc2ccccn2c(=O)c1O.COC(=O)c1nc2n(c(=O)c1O)CCC=C2.COC(=O)c1nc2n(c(=O)c1O)CCCC2. The highest BCUT2D eigenvalue weighted by Crippen LogP contribution is 2.17. The van der Waals surface area contributed by atoms with Crippen LogP contribution in [0.5, 0.6) is 17.2 Å². The van der Waals surface area contributed by atoms with Crippen molar-refractivity contribution in [3.63, 3.8) is 0 Å². The van der Waals surface area contributed by atoms with Gasteiger partial charge >= 0.3 is 17.5 Å². The molecule has 4 aromatic rings. The zero-order valence-corrected chi connectivity index (χ0v) is 25.5. The van der Waals surface area contributed by atoms with Gasteiger partial charge in [0.15, 0.2) is 22.9 Å². The number of esters is 2. The summed E-state index contributed by atoms with van der Waals surface area (Å²) in [5.41, 5.74) is -2.30. The van der Waals surface area contributed by atoms with Gasteiger partial charge in [0.1, 0.15) is 17.3 Å². The van der Waals surface area contributed by atoms with Crippen molar-refractivity contribution < 1.29 is 39.2 Å². The number of allylic oxidation sites excluding steroid dienone is 1. The predicted molar refractivity (Wildman–Crippen MR) is 163 cm³/mol. The maximum absolute atomic E-state index is 11.7. The highest BCUT2D eigenvalue weighted by molar-refractivity contribution is 5.95. The van der Waals surface area contributed by atoms with Gasteiger partial charge in [-0.3, -0.25) is 32.7 Å². The van der Waals surface area contributed by atoms with Crippen molar-refractivity contribution in [3.05, 3.63) is 90.3 Å². The number of aromatic hydroxyl groups is 3. The van der Waals surface area contributed by atoms with E-state index in [9.17, 15) is 44.1 Å². The molecule has 47 heavy (non-hydrogen) atoms. The molecule has 6 rings (SSSR count). The zero-order valence-electron chi connectivity index (χ0n) is 25.5. The lowest BCUT2D eigenvalue weighted by Gasteiger charge is -2.17. The Bertz CT molecular complexity index is 2100. The molecule has 0 unspecified atom stereocenters. The van der Waals surface area contributed by atoms with E-state index in [2.05, 4.69) is 24.4 Å². The molecule has 0 aliphatic carbocycles. The van der Waals surface area contributed by atoms with Crippen molar-refractivity contribution in [2.75, 3.05) is 14.2 Å². The summed E-state index contributed by atoms with van der Waals surface area (Å²) in [6.45, 7) is 2.24. The number of Topliss-reactive ketones (excluding diaryl/α,β-unsaturated/α-hetero) is 1. The number of aryl methyl sites for hydroxylation is 1. The molecule has 0 aromatic carbocycles. The van der Waals surface area contributed by atoms with Crippen LogP contribution in [0.3, 0.4) is 0 Å². The van der Waals surface area contributed by atoms with E-state index in [0.29, 0.717) is 43.2 Å². The summed E-state index contributed by atoms with van der Waals surface area (Å²) in [6.07, 6.45) is 8.11. The average Bonchev–Trinajstić information content (AvgIpc) is 3.09. The van der Waals surface area contributed by atoms with Crippen LogP contribution in [0.15, 0.2) is 44.9 Å². The number of ether oxygens (including phenoxy) is 2. The summed E-state index contributed by atoms with van der Waals surface area (Å²) in [6, 6.07) is 4.93. The fourth-order valence-electron chi connectivity index (χ4n) is 4.66. The molecule has 0 saturated carbocycles. The Morgan fingerprint density at radius 3 is 2.02 bits per heavy atom. The quantitative estimate of drug-likeness (QED) is 0.206. The number of ketones is 1. The minimum absolute atomic E-state index is 0.189. The van der Waals surface area contributed by atoms with Gasteiger partial charge in [-0.15, -0.1) is 0 Å². The van der Waals surface area contributed by atoms with Crippen LogP contribution >= 0.6 is 0 Å². The van der Waals surface area contributed by atoms with Gasteiger partial charge in [-0.05, 0) is 37.5 Å². The first kappa shape index (κ1) is 33.8. The number of hydrogen-bond acceptors (Lipinski definition) is 14. The number of carbonyl (C=O) groups is 3. The van der Waals surface area contributed by atoms with Crippen LogP contribution in [0.4, 0.5) is 0 Å². The van der Waals surface area contributed by atoms with Gasteiger partial charge in [-0.2, -0.15) is 0 Å². The molecule has 0 amide bonds. The van der Waals surface area contributed by atoms with Gasteiger partial charge in [-0.25, -0.2) is 24.5 Å². The molecule has 3 N–H and O–H groups in total. The van der Waals surface area contributed by atoms with E-state index in [-0.39, 0.29) is 17.1 Å². The molecular weight excluding hydrogens is 620 g/mol. The predicted octanol–water partition coefficient (Wildman–Crippen LogP) is 0.827. The van der Waals surface area contributed by atoms with E-state index in [1.54, 1.807) is 24.3 Å². The third-order valence-electron chi connectivity index (χ3n) is 7.02. The van der Waals surface area contributed by atoms with E-state index in [4.69, 9.17) is 0 Å². The second-order valence-electron chi connectivity index (χ2n) is 10.0. The first-order valence-corrected chi connectivity index (χ1v) is 14.1. The highest BCUT2D eigenvalue weighted by Gasteiger charge is 2.23. The molecule has 0 fully saturated rings. The fraction of sp³-hybridized carbons (Fsp3) is 0.300. The molecule has 0 atom stereocenters. The van der Waals surface area contributed by atoms with Gasteiger partial charge in [-0.1, -0.05) is 12.1 Å². The maximum Gasteiger partial charge on any atom is 0.360 e. The molecule has 0 saturated heterocycles. The third-order valence-corrected chi connectivity index (χ3v) is 7.02. The molecule has 0 radical (unpaired) electrons. The number of aromatic nitrogens is 6. The minimum Gasteiger partial charge on any atom is -0.501 e. The summed E-state index contributed by atoms with van der Waals surface area (Å²) in [4.78, 5) is 80.4. The highest BCUT2D eigenvalue weighted by atomic mass is 16.5. The topological polar surface area (TPSA) is 235 Å². The Labute approximate surface area is 264 Å². The lowest BCUT2D eigenvalue weighted by molar-refractivity contribution is 0.0579. The monoisotopic (exact) mass is 650 g/mol. The Kier molecular flexibility index (Phi) is 10.3. The normalized spacial score (nSPS) is 12.7. The molecule has 0 spiro atoms. The Hall–Kier alpha value is -6.13. The second-order valence-corrected chi connectivity index (χ2v) is 10.0. The van der Waals surface area contributed by atoms with Crippen LogP contribution in [0.2, 0.25) is 0 Å². The molecule has 6 heterocycles. The van der Waals surface area contributed by atoms with Crippen LogP contribution in [0, 0.1) is 0 Å². The molecule has 246 valence electrons. The number of nitrogens with zero attached hydrogens (tertiary/aromatic N) is 6. The van der Waals surface area contributed by atoms with Crippen molar-refractivity contribution in [2.45, 2.75) is 45.7 Å². The summed E-state index contributed by atoms with van der Waals surface area (Å²) in [5.74, 6) is -3.05. The number of fused-ring (bicyclic) bond motifs is 3. The van der Waals surface area contributed by atoms with Crippen LogP contribution in [0.25, 0.3) is 11.7 Å². The van der Waals surface area contributed by atoms with Gasteiger partial charge in [0.05, 0.1) is 14.2 Å². The van der Waals surface area contributed by atoms with Crippen molar-refractivity contribution >= 4 is 29.4 Å². The number of pyridine rings is 1. The summed E-state index contributed by atoms with van der Waals surface area (Å²) in [7, 11) is 2.34.